The first kappa shape index (κ1) is 14.3. The van der Waals surface area contributed by atoms with Crippen molar-refractivity contribution < 1.29 is 9.59 Å². The van der Waals surface area contributed by atoms with Crippen molar-refractivity contribution in [3.8, 4) is 0 Å². The third-order valence-electron chi connectivity index (χ3n) is 4.44. The summed E-state index contributed by atoms with van der Waals surface area (Å²) in [6.07, 6.45) is 6.37. The van der Waals surface area contributed by atoms with Crippen LogP contribution in [0.2, 0.25) is 0 Å². The van der Waals surface area contributed by atoms with Crippen molar-refractivity contribution in [2.75, 3.05) is 5.32 Å². The number of hydrogen-bond donors (Lipinski definition) is 2. The van der Waals surface area contributed by atoms with Gasteiger partial charge in [-0.15, -0.1) is 11.3 Å². The molecule has 0 saturated heterocycles. The fraction of sp³-hybridized carbons (Fsp3) is 0.500. The van der Waals surface area contributed by atoms with Gasteiger partial charge in [-0.05, 0) is 36.7 Å². The van der Waals surface area contributed by atoms with Crippen LogP contribution in [0.5, 0.6) is 0 Å². The molecular weight excluding hydrogens is 284 g/mol. The van der Waals surface area contributed by atoms with Gasteiger partial charge in [0.2, 0.25) is 5.91 Å². The number of carbonyl (C=O) groups is 2. The molecule has 5 heteroatoms. The number of amides is 2. The van der Waals surface area contributed by atoms with Gasteiger partial charge in [0.15, 0.2) is 0 Å². The molecule has 1 aromatic rings. The number of allylic oxidation sites excluding steroid dienone is 2. The number of thiophene rings is 1. The quantitative estimate of drug-likeness (QED) is 0.839. The first-order valence-corrected chi connectivity index (χ1v) is 8.20. The summed E-state index contributed by atoms with van der Waals surface area (Å²) in [5.41, 5.74) is 5.85. The summed E-state index contributed by atoms with van der Waals surface area (Å²) in [4.78, 5) is 25.1. The molecule has 3 atom stereocenters. The van der Waals surface area contributed by atoms with E-state index < -0.39 is 5.91 Å². The Morgan fingerprint density at radius 2 is 2.10 bits per heavy atom. The zero-order valence-electron chi connectivity index (χ0n) is 12.3. The van der Waals surface area contributed by atoms with E-state index in [1.165, 1.54) is 11.3 Å². The van der Waals surface area contributed by atoms with Gasteiger partial charge in [-0.25, -0.2) is 0 Å². The minimum Gasteiger partial charge on any atom is -0.366 e. The molecule has 0 spiro atoms. The fourth-order valence-corrected chi connectivity index (χ4v) is 4.33. The fourth-order valence-electron chi connectivity index (χ4n) is 3.26. The molecule has 2 bridgehead atoms. The number of carbonyl (C=O) groups excluding carboxylic acids is 2. The number of hydrogen-bond acceptors (Lipinski definition) is 3. The highest BCUT2D eigenvalue weighted by Crippen LogP contribution is 2.44. The smallest absolute Gasteiger partial charge is 0.251 e. The number of fused-ring (bicyclic) bond motifs is 2. The van der Waals surface area contributed by atoms with Crippen LogP contribution in [-0.4, -0.2) is 11.8 Å². The largest absolute Gasteiger partial charge is 0.366 e. The molecule has 4 nitrogen and oxygen atoms in total. The maximum absolute atomic E-state index is 12.5. The van der Waals surface area contributed by atoms with Crippen molar-refractivity contribution in [3.63, 3.8) is 0 Å². The Morgan fingerprint density at radius 3 is 2.62 bits per heavy atom. The highest BCUT2D eigenvalue weighted by atomic mass is 32.1. The molecule has 1 heterocycles. The molecule has 3 rings (SSSR count). The Bertz CT molecular complexity index is 618. The number of nitrogens with two attached hydrogens (primary N) is 1. The summed E-state index contributed by atoms with van der Waals surface area (Å²) in [6.45, 7) is 4.12. The molecule has 1 aromatic heterocycles. The van der Waals surface area contributed by atoms with Crippen LogP contribution in [0.15, 0.2) is 18.2 Å². The number of primary amides is 1. The van der Waals surface area contributed by atoms with Gasteiger partial charge in [0.1, 0.15) is 5.00 Å². The van der Waals surface area contributed by atoms with Crippen LogP contribution in [0.4, 0.5) is 5.00 Å². The maximum atomic E-state index is 12.5. The molecule has 0 aliphatic heterocycles. The molecular formula is C16H20N2O2S. The highest BCUT2D eigenvalue weighted by Gasteiger charge is 2.40. The Hall–Kier alpha value is -1.62. The zero-order valence-corrected chi connectivity index (χ0v) is 13.1. The lowest BCUT2D eigenvalue weighted by Crippen LogP contribution is -2.26. The van der Waals surface area contributed by atoms with Gasteiger partial charge >= 0.3 is 0 Å². The topological polar surface area (TPSA) is 72.2 Å². The predicted octanol–water partition coefficient (Wildman–Crippen LogP) is 3.12. The van der Waals surface area contributed by atoms with E-state index in [9.17, 15) is 9.59 Å². The second kappa shape index (κ2) is 5.30. The van der Waals surface area contributed by atoms with Crippen molar-refractivity contribution in [3.05, 3.63) is 28.7 Å². The Balaban J connectivity index is 1.79. The third-order valence-corrected chi connectivity index (χ3v) is 5.79. The van der Waals surface area contributed by atoms with Gasteiger partial charge in [-0.2, -0.15) is 0 Å². The second-order valence-electron chi connectivity index (χ2n) is 6.29. The van der Waals surface area contributed by atoms with Crippen molar-refractivity contribution in [2.24, 2.45) is 23.5 Å². The van der Waals surface area contributed by atoms with Crippen LogP contribution in [0, 0.1) is 17.8 Å². The lowest BCUT2D eigenvalue weighted by Gasteiger charge is -2.17. The first-order chi connectivity index (χ1) is 9.95. The average Bonchev–Trinajstić information content (AvgIpc) is 3.12. The van der Waals surface area contributed by atoms with Gasteiger partial charge in [0.25, 0.3) is 5.91 Å². The van der Waals surface area contributed by atoms with Crippen LogP contribution in [0.3, 0.4) is 0 Å². The summed E-state index contributed by atoms with van der Waals surface area (Å²) in [5.74, 6) is 0.787. The molecule has 1 fully saturated rings. The van der Waals surface area contributed by atoms with E-state index in [0.717, 1.165) is 17.7 Å². The average molecular weight is 304 g/mol. The molecule has 2 amide bonds. The minimum absolute atomic E-state index is 0.0199. The summed E-state index contributed by atoms with van der Waals surface area (Å²) < 4.78 is 0. The molecule has 0 aromatic carbocycles. The van der Waals surface area contributed by atoms with Gasteiger partial charge in [0, 0.05) is 10.8 Å². The highest BCUT2D eigenvalue weighted by molar-refractivity contribution is 7.16. The first-order valence-electron chi connectivity index (χ1n) is 7.38. The standard InChI is InChI=1S/C16H20N2O2S/c1-8(2)13-7-12(14(17)19)16(21-13)18-15(20)11-6-9-3-4-10(11)5-9/h3-4,7-11H,5-6H2,1-2H3,(H2,17,19)(H,18,20). The SMILES string of the molecule is CC(C)c1cc(C(N)=O)c(NC(=O)C2CC3C=CC2C3)s1. The maximum Gasteiger partial charge on any atom is 0.251 e. The van der Waals surface area contributed by atoms with Crippen LogP contribution < -0.4 is 11.1 Å². The van der Waals surface area contributed by atoms with E-state index in [4.69, 9.17) is 5.73 Å². The molecule has 0 radical (unpaired) electrons. The Kier molecular flexibility index (Phi) is 3.61. The Morgan fingerprint density at radius 1 is 1.33 bits per heavy atom. The van der Waals surface area contributed by atoms with E-state index in [-0.39, 0.29) is 11.8 Å². The van der Waals surface area contributed by atoms with Crippen LogP contribution in [0.1, 0.15) is 47.8 Å². The van der Waals surface area contributed by atoms with Crippen molar-refractivity contribution >= 4 is 28.2 Å². The van der Waals surface area contributed by atoms with E-state index in [1.807, 2.05) is 0 Å². The zero-order chi connectivity index (χ0) is 15.1. The molecule has 21 heavy (non-hydrogen) atoms. The third kappa shape index (κ3) is 2.62. The van der Waals surface area contributed by atoms with Gasteiger partial charge in [0.05, 0.1) is 5.56 Å². The lowest BCUT2D eigenvalue weighted by atomic mass is 9.93. The molecule has 1 saturated carbocycles. The van der Waals surface area contributed by atoms with Gasteiger partial charge in [-0.1, -0.05) is 26.0 Å². The van der Waals surface area contributed by atoms with Crippen LogP contribution in [0.25, 0.3) is 0 Å². The minimum atomic E-state index is -0.485. The molecule has 3 N–H and O–H groups in total. The van der Waals surface area contributed by atoms with Crippen molar-refractivity contribution in [1.29, 1.82) is 0 Å². The molecule has 2 aliphatic rings. The number of anilines is 1. The van der Waals surface area contributed by atoms with Crippen molar-refractivity contribution in [1.82, 2.24) is 0 Å². The van der Waals surface area contributed by atoms with Crippen LogP contribution in [-0.2, 0) is 4.79 Å². The summed E-state index contributed by atoms with van der Waals surface area (Å²) in [7, 11) is 0. The van der Waals surface area contributed by atoms with E-state index >= 15 is 0 Å². The number of nitrogens with one attached hydrogen (secondary N) is 1. The normalized spacial score (nSPS) is 26.5. The molecule has 3 unspecified atom stereocenters. The molecule has 2 aliphatic carbocycles. The van der Waals surface area contributed by atoms with E-state index in [2.05, 4.69) is 31.3 Å². The van der Waals surface area contributed by atoms with E-state index in [0.29, 0.717) is 28.3 Å². The van der Waals surface area contributed by atoms with Crippen molar-refractivity contribution in [2.45, 2.75) is 32.6 Å². The second-order valence-corrected chi connectivity index (χ2v) is 7.37. The predicted molar refractivity (Wildman–Crippen MR) is 84.4 cm³/mol. The summed E-state index contributed by atoms with van der Waals surface area (Å²) in [5, 5.41) is 3.54. The number of rotatable bonds is 4. The van der Waals surface area contributed by atoms with E-state index in [1.54, 1.807) is 6.07 Å². The molecule has 112 valence electrons. The van der Waals surface area contributed by atoms with Gasteiger partial charge < -0.3 is 11.1 Å². The monoisotopic (exact) mass is 304 g/mol. The van der Waals surface area contributed by atoms with Crippen LogP contribution >= 0.6 is 11.3 Å². The Labute approximate surface area is 128 Å². The lowest BCUT2D eigenvalue weighted by molar-refractivity contribution is -0.120. The summed E-state index contributed by atoms with van der Waals surface area (Å²) in [6, 6.07) is 1.80. The van der Waals surface area contributed by atoms with Gasteiger partial charge in [-0.3, -0.25) is 9.59 Å². The summed E-state index contributed by atoms with van der Waals surface area (Å²) >= 11 is 1.45.